The third-order valence-electron chi connectivity index (χ3n) is 4.67. The Balaban J connectivity index is 1.33. The largest absolute Gasteiger partial charge is 0.368 e. The molecule has 6 heteroatoms. The van der Waals surface area contributed by atoms with Gasteiger partial charge in [0.05, 0.1) is 0 Å². The zero-order chi connectivity index (χ0) is 19.3. The fraction of sp³-hybridized carbons (Fsp3) is 0.136. The van der Waals surface area contributed by atoms with E-state index in [1.165, 1.54) is 10.9 Å². The molecule has 0 aliphatic carbocycles. The van der Waals surface area contributed by atoms with Gasteiger partial charge in [0.1, 0.15) is 5.82 Å². The molecule has 0 saturated heterocycles. The summed E-state index contributed by atoms with van der Waals surface area (Å²) in [6.07, 6.45) is 2.92. The number of nitrogens with one attached hydrogen (secondary N) is 3. The van der Waals surface area contributed by atoms with Crippen LogP contribution in [0.3, 0.4) is 0 Å². The van der Waals surface area contributed by atoms with Crippen molar-refractivity contribution in [2.45, 2.75) is 13.3 Å². The van der Waals surface area contributed by atoms with Crippen LogP contribution >= 0.6 is 0 Å². The first kappa shape index (κ1) is 17.7. The van der Waals surface area contributed by atoms with Gasteiger partial charge in [0.15, 0.2) is 5.82 Å². The summed E-state index contributed by atoms with van der Waals surface area (Å²) >= 11 is 0. The minimum absolute atomic E-state index is 0.188. The minimum Gasteiger partial charge on any atom is -0.368 e. The van der Waals surface area contributed by atoms with Gasteiger partial charge in [0.2, 0.25) is 0 Å². The fourth-order valence-electron chi connectivity index (χ4n) is 3.17. The van der Waals surface area contributed by atoms with Crippen LogP contribution in [0.25, 0.3) is 10.9 Å². The summed E-state index contributed by atoms with van der Waals surface area (Å²) in [5.74, 6) is 0.914. The highest BCUT2D eigenvalue weighted by atomic mass is 16.1. The average molecular weight is 371 g/mol. The number of anilines is 2. The van der Waals surface area contributed by atoms with Crippen molar-refractivity contribution < 1.29 is 4.79 Å². The smallest absolute Gasteiger partial charge is 0.257 e. The Hall–Kier alpha value is -3.67. The van der Waals surface area contributed by atoms with Gasteiger partial charge in [0.25, 0.3) is 5.91 Å². The molecule has 0 aliphatic rings. The Bertz CT molecular complexity index is 1100. The SMILES string of the molecule is Cc1ccccc1C(=O)Nc1ccc(NCCc2c[nH]c3ccccc23)nn1. The highest BCUT2D eigenvalue weighted by Crippen LogP contribution is 2.18. The van der Waals surface area contributed by atoms with E-state index in [1.807, 2.05) is 49.5 Å². The first-order valence-corrected chi connectivity index (χ1v) is 9.20. The molecule has 0 aliphatic heterocycles. The first-order valence-electron chi connectivity index (χ1n) is 9.20. The molecule has 2 heterocycles. The molecule has 3 N–H and O–H groups in total. The predicted molar refractivity (Wildman–Crippen MR) is 112 cm³/mol. The average Bonchev–Trinajstić information content (AvgIpc) is 3.13. The lowest BCUT2D eigenvalue weighted by molar-refractivity contribution is 0.102. The van der Waals surface area contributed by atoms with Gasteiger partial charge in [-0.25, -0.2) is 0 Å². The van der Waals surface area contributed by atoms with E-state index in [4.69, 9.17) is 0 Å². The lowest BCUT2D eigenvalue weighted by atomic mass is 10.1. The van der Waals surface area contributed by atoms with Crippen LogP contribution in [-0.4, -0.2) is 27.6 Å². The van der Waals surface area contributed by atoms with Crippen molar-refractivity contribution in [1.82, 2.24) is 15.2 Å². The van der Waals surface area contributed by atoms with Crippen LogP contribution in [0.15, 0.2) is 66.9 Å². The maximum atomic E-state index is 12.3. The fourth-order valence-corrected chi connectivity index (χ4v) is 3.17. The summed E-state index contributed by atoms with van der Waals surface area (Å²) in [6.45, 7) is 2.65. The van der Waals surface area contributed by atoms with Crippen molar-refractivity contribution in [3.8, 4) is 0 Å². The van der Waals surface area contributed by atoms with Gasteiger partial charge in [-0.2, -0.15) is 0 Å². The predicted octanol–water partition coefficient (Wildman–Crippen LogP) is 4.17. The van der Waals surface area contributed by atoms with Crippen LogP contribution in [0.5, 0.6) is 0 Å². The summed E-state index contributed by atoms with van der Waals surface area (Å²) in [5, 5.41) is 15.5. The standard InChI is InChI=1S/C22H21N5O/c1-15-6-2-3-7-17(15)22(28)25-21-11-10-20(26-27-21)23-13-12-16-14-24-19-9-5-4-8-18(16)19/h2-11,14,24H,12-13H2,1H3,(H,23,26)(H,25,27,28). The molecule has 0 fully saturated rings. The van der Waals surface area contributed by atoms with Crippen LogP contribution in [0, 0.1) is 6.92 Å². The number of benzene rings is 2. The Kier molecular flexibility index (Phi) is 5.01. The number of carbonyl (C=O) groups is 1. The van der Waals surface area contributed by atoms with Crippen molar-refractivity contribution in [1.29, 1.82) is 0 Å². The number of hydrogen-bond acceptors (Lipinski definition) is 4. The van der Waals surface area contributed by atoms with E-state index in [0.29, 0.717) is 17.2 Å². The Morgan fingerprint density at radius 2 is 1.71 bits per heavy atom. The number of nitrogens with zero attached hydrogens (tertiary/aromatic N) is 2. The van der Waals surface area contributed by atoms with E-state index in [9.17, 15) is 4.79 Å². The van der Waals surface area contributed by atoms with Crippen molar-refractivity contribution in [2.24, 2.45) is 0 Å². The van der Waals surface area contributed by atoms with Gasteiger partial charge in [-0.15, -0.1) is 10.2 Å². The van der Waals surface area contributed by atoms with Crippen LogP contribution < -0.4 is 10.6 Å². The molecule has 0 unspecified atom stereocenters. The van der Waals surface area contributed by atoms with Crippen LogP contribution in [-0.2, 0) is 6.42 Å². The second-order valence-electron chi connectivity index (χ2n) is 6.61. The van der Waals surface area contributed by atoms with Gasteiger partial charge in [-0.3, -0.25) is 4.79 Å². The van der Waals surface area contributed by atoms with Gasteiger partial charge < -0.3 is 15.6 Å². The molecule has 28 heavy (non-hydrogen) atoms. The summed E-state index contributed by atoms with van der Waals surface area (Å²) < 4.78 is 0. The number of para-hydroxylation sites is 1. The third-order valence-corrected chi connectivity index (χ3v) is 4.67. The summed E-state index contributed by atoms with van der Waals surface area (Å²) in [5.41, 5.74) is 3.96. The first-order chi connectivity index (χ1) is 13.7. The number of fused-ring (bicyclic) bond motifs is 1. The zero-order valence-corrected chi connectivity index (χ0v) is 15.6. The summed E-state index contributed by atoms with van der Waals surface area (Å²) in [7, 11) is 0. The van der Waals surface area contributed by atoms with Gasteiger partial charge in [-0.1, -0.05) is 36.4 Å². The van der Waals surface area contributed by atoms with Gasteiger partial charge in [-0.05, 0) is 48.7 Å². The van der Waals surface area contributed by atoms with Crippen molar-refractivity contribution >= 4 is 28.4 Å². The van der Waals surface area contributed by atoms with E-state index >= 15 is 0 Å². The highest BCUT2D eigenvalue weighted by Gasteiger charge is 2.09. The summed E-state index contributed by atoms with van der Waals surface area (Å²) in [6, 6.07) is 19.3. The molecular weight excluding hydrogens is 350 g/mol. The van der Waals surface area contributed by atoms with Gasteiger partial charge >= 0.3 is 0 Å². The number of hydrogen-bond donors (Lipinski definition) is 3. The minimum atomic E-state index is -0.188. The molecular formula is C22H21N5O. The number of aryl methyl sites for hydroxylation is 1. The topological polar surface area (TPSA) is 82.7 Å². The second-order valence-corrected chi connectivity index (χ2v) is 6.61. The highest BCUT2D eigenvalue weighted by molar-refractivity contribution is 6.04. The molecule has 140 valence electrons. The molecule has 0 atom stereocenters. The molecule has 0 spiro atoms. The van der Waals surface area contributed by atoms with Crippen LogP contribution in [0.4, 0.5) is 11.6 Å². The maximum Gasteiger partial charge on any atom is 0.257 e. The molecule has 0 radical (unpaired) electrons. The number of aromatic amines is 1. The van der Waals surface area contributed by atoms with E-state index in [2.05, 4.69) is 37.9 Å². The van der Waals surface area contributed by atoms with E-state index < -0.39 is 0 Å². The third kappa shape index (κ3) is 3.86. The summed E-state index contributed by atoms with van der Waals surface area (Å²) in [4.78, 5) is 15.6. The van der Waals surface area contributed by atoms with E-state index in [1.54, 1.807) is 12.1 Å². The lowest BCUT2D eigenvalue weighted by Gasteiger charge is -2.08. The van der Waals surface area contributed by atoms with Gasteiger partial charge in [0, 0.05) is 29.2 Å². The quantitative estimate of drug-likeness (QED) is 0.475. The normalized spacial score (nSPS) is 10.8. The number of aromatic nitrogens is 3. The van der Waals surface area contributed by atoms with Crippen molar-refractivity contribution in [3.63, 3.8) is 0 Å². The number of amides is 1. The monoisotopic (exact) mass is 371 g/mol. The molecule has 0 saturated carbocycles. The van der Waals surface area contributed by atoms with E-state index in [-0.39, 0.29) is 5.91 Å². The number of rotatable bonds is 6. The molecule has 0 bridgehead atoms. The van der Waals surface area contributed by atoms with E-state index in [0.717, 1.165) is 24.0 Å². The second kappa shape index (κ2) is 7.92. The molecule has 2 aromatic heterocycles. The molecule has 1 amide bonds. The Morgan fingerprint density at radius 1 is 0.964 bits per heavy atom. The lowest BCUT2D eigenvalue weighted by Crippen LogP contribution is -2.15. The zero-order valence-electron chi connectivity index (χ0n) is 15.6. The molecule has 6 nitrogen and oxygen atoms in total. The van der Waals surface area contributed by atoms with Crippen LogP contribution in [0.1, 0.15) is 21.5 Å². The number of carbonyl (C=O) groups excluding carboxylic acids is 1. The van der Waals surface area contributed by atoms with Crippen molar-refractivity contribution in [3.05, 3.63) is 83.6 Å². The Morgan fingerprint density at radius 3 is 2.54 bits per heavy atom. The van der Waals surface area contributed by atoms with Crippen LogP contribution in [0.2, 0.25) is 0 Å². The number of H-pyrrole nitrogens is 1. The maximum absolute atomic E-state index is 12.3. The molecule has 2 aromatic carbocycles. The molecule has 4 aromatic rings. The Labute approximate surface area is 163 Å². The van der Waals surface area contributed by atoms with Crippen molar-refractivity contribution in [2.75, 3.05) is 17.2 Å². The molecule has 4 rings (SSSR count).